The highest BCUT2D eigenvalue weighted by atomic mass is 35.5. The molecule has 1 nitrogen and oxygen atoms in total. The summed E-state index contributed by atoms with van der Waals surface area (Å²) >= 11 is 6.28. The van der Waals surface area contributed by atoms with Crippen LogP contribution in [0, 0.1) is 11.8 Å². The van der Waals surface area contributed by atoms with Gasteiger partial charge in [-0.15, -0.1) is 0 Å². The Morgan fingerprint density at radius 3 is 2.58 bits per heavy atom. The number of benzene rings is 1. The van der Waals surface area contributed by atoms with Crippen molar-refractivity contribution in [1.29, 1.82) is 0 Å². The van der Waals surface area contributed by atoms with E-state index in [4.69, 9.17) is 11.6 Å². The van der Waals surface area contributed by atoms with E-state index in [2.05, 4.69) is 38.2 Å². The van der Waals surface area contributed by atoms with Crippen molar-refractivity contribution < 1.29 is 0 Å². The molecule has 0 spiro atoms. The van der Waals surface area contributed by atoms with Gasteiger partial charge in [-0.25, -0.2) is 0 Å². The summed E-state index contributed by atoms with van der Waals surface area (Å²) in [7, 11) is 0. The van der Waals surface area contributed by atoms with Crippen LogP contribution in [0.1, 0.15) is 58.1 Å². The van der Waals surface area contributed by atoms with Crippen LogP contribution in [0.15, 0.2) is 24.3 Å². The summed E-state index contributed by atoms with van der Waals surface area (Å²) in [6.07, 6.45) is 5.37. The Morgan fingerprint density at radius 2 is 1.89 bits per heavy atom. The van der Waals surface area contributed by atoms with E-state index in [0.717, 1.165) is 16.9 Å². The lowest BCUT2D eigenvalue weighted by molar-refractivity contribution is 0.223. The van der Waals surface area contributed by atoms with Gasteiger partial charge in [0, 0.05) is 17.1 Å². The van der Waals surface area contributed by atoms with Crippen LogP contribution in [-0.2, 0) is 0 Å². The molecule has 1 aliphatic carbocycles. The van der Waals surface area contributed by atoms with Crippen molar-refractivity contribution in [2.24, 2.45) is 11.8 Å². The highest BCUT2D eigenvalue weighted by Crippen LogP contribution is 2.31. The van der Waals surface area contributed by atoms with Gasteiger partial charge < -0.3 is 5.32 Å². The molecule has 2 heteroatoms. The molecule has 0 aromatic heterocycles. The van der Waals surface area contributed by atoms with Crippen molar-refractivity contribution in [3.63, 3.8) is 0 Å². The van der Waals surface area contributed by atoms with Crippen LogP contribution in [0.4, 0.5) is 0 Å². The molecule has 3 atom stereocenters. The quantitative estimate of drug-likeness (QED) is 0.798. The van der Waals surface area contributed by atoms with Gasteiger partial charge in [-0.3, -0.25) is 0 Å². The summed E-state index contributed by atoms with van der Waals surface area (Å²) in [5.41, 5.74) is 1.22. The van der Waals surface area contributed by atoms with Gasteiger partial charge in [0.15, 0.2) is 0 Å². The van der Waals surface area contributed by atoms with Crippen LogP contribution >= 0.6 is 11.6 Å². The Kier molecular flexibility index (Phi) is 5.29. The maximum absolute atomic E-state index is 6.28. The number of nitrogens with one attached hydrogen (secondary N) is 1. The zero-order chi connectivity index (χ0) is 13.8. The maximum atomic E-state index is 6.28. The molecule has 1 saturated carbocycles. The van der Waals surface area contributed by atoms with E-state index < -0.39 is 0 Å². The molecule has 3 unspecified atom stereocenters. The Morgan fingerprint density at radius 1 is 1.16 bits per heavy atom. The van der Waals surface area contributed by atoms with Crippen LogP contribution in [-0.4, -0.2) is 6.04 Å². The molecule has 0 radical (unpaired) electrons. The van der Waals surface area contributed by atoms with Crippen molar-refractivity contribution in [2.75, 3.05) is 0 Å². The van der Waals surface area contributed by atoms with E-state index in [-0.39, 0.29) is 0 Å². The highest BCUT2D eigenvalue weighted by Gasteiger charge is 2.25. The van der Waals surface area contributed by atoms with E-state index in [1.54, 1.807) is 0 Å². The molecular formula is C17H26ClN. The molecule has 0 aliphatic heterocycles. The largest absolute Gasteiger partial charge is 0.307 e. The molecule has 1 N–H and O–H groups in total. The first-order valence-electron chi connectivity index (χ1n) is 7.58. The number of halogens is 1. The molecule has 19 heavy (non-hydrogen) atoms. The monoisotopic (exact) mass is 279 g/mol. The summed E-state index contributed by atoms with van der Waals surface area (Å²) in [4.78, 5) is 0. The van der Waals surface area contributed by atoms with E-state index in [0.29, 0.717) is 12.1 Å². The molecule has 106 valence electrons. The Bertz CT molecular complexity index is 402. The fourth-order valence-corrected chi connectivity index (χ4v) is 3.55. The molecule has 1 aromatic carbocycles. The van der Waals surface area contributed by atoms with Crippen LogP contribution in [0.3, 0.4) is 0 Å². The van der Waals surface area contributed by atoms with Gasteiger partial charge in [0.2, 0.25) is 0 Å². The molecule has 0 bridgehead atoms. The molecule has 0 saturated heterocycles. The molecule has 2 rings (SSSR count). The molecule has 0 amide bonds. The summed E-state index contributed by atoms with van der Waals surface area (Å²) < 4.78 is 0. The van der Waals surface area contributed by atoms with Crippen molar-refractivity contribution in [3.8, 4) is 0 Å². The van der Waals surface area contributed by atoms with Gasteiger partial charge >= 0.3 is 0 Å². The number of hydrogen-bond acceptors (Lipinski definition) is 1. The summed E-state index contributed by atoms with van der Waals surface area (Å²) in [5.74, 6) is 1.69. The zero-order valence-electron chi connectivity index (χ0n) is 12.3. The maximum Gasteiger partial charge on any atom is 0.0453 e. The third kappa shape index (κ3) is 3.97. The van der Waals surface area contributed by atoms with Gasteiger partial charge in [0.25, 0.3) is 0 Å². The molecule has 1 aromatic rings. The predicted octanol–water partition coefficient (Wildman–Crippen LogP) is 5.21. The Balaban J connectivity index is 1.95. The van der Waals surface area contributed by atoms with E-state index in [1.165, 1.54) is 31.2 Å². The van der Waals surface area contributed by atoms with E-state index in [1.807, 2.05) is 12.1 Å². The summed E-state index contributed by atoms with van der Waals surface area (Å²) in [6.45, 7) is 6.93. The van der Waals surface area contributed by atoms with Gasteiger partial charge in [-0.2, -0.15) is 0 Å². The second-order valence-corrected chi connectivity index (χ2v) is 6.68. The molecule has 0 heterocycles. The lowest BCUT2D eigenvalue weighted by Crippen LogP contribution is -2.37. The van der Waals surface area contributed by atoms with Crippen molar-refractivity contribution in [3.05, 3.63) is 34.9 Å². The lowest BCUT2D eigenvalue weighted by atomic mass is 9.79. The fourth-order valence-electron chi connectivity index (χ4n) is 3.25. The highest BCUT2D eigenvalue weighted by molar-refractivity contribution is 6.31. The lowest BCUT2D eigenvalue weighted by Gasteiger charge is -2.34. The second kappa shape index (κ2) is 6.76. The second-order valence-electron chi connectivity index (χ2n) is 6.28. The van der Waals surface area contributed by atoms with Gasteiger partial charge in [0.1, 0.15) is 0 Å². The summed E-state index contributed by atoms with van der Waals surface area (Å²) in [6, 6.07) is 9.15. The van der Waals surface area contributed by atoms with Crippen LogP contribution in [0.5, 0.6) is 0 Å². The van der Waals surface area contributed by atoms with Crippen LogP contribution in [0.2, 0.25) is 5.02 Å². The predicted molar refractivity (Wildman–Crippen MR) is 83.6 cm³/mol. The van der Waals surface area contributed by atoms with Crippen LogP contribution < -0.4 is 5.32 Å². The number of rotatable bonds is 4. The Hall–Kier alpha value is -0.530. The minimum Gasteiger partial charge on any atom is -0.307 e. The molecule has 1 aliphatic rings. The summed E-state index contributed by atoms with van der Waals surface area (Å²) in [5, 5.41) is 4.65. The van der Waals surface area contributed by atoms with E-state index >= 15 is 0 Å². The topological polar surface area (TPSA) is 12.0 Å². The van der Waals surface area contributed by atoms with Gasteiger partial charge in [-0.1, -0.05) is 56.5 Å². The SMILES string of the molecule is CC(NC1CCCC(C(C)C)C1)c1ccccc1Cl. The van der Waals surface area contributed by atoms with Crippen molar-refractivity contribution in [1.82, 2.24) is 5.32 Å². The Labute approximate surface area is 122 Å². The smallest absolute Gasteiger partial charge is 0.0453 e. The third-order valence-corrected chi connectivity index (χ3v) is 4.86. The minimum atomic E-state index is 0.338. The van der Waals surface area contributed by atoms with Crippen LogP contribution in [0.25, 0.3) is 0 Å². The van der Waals surface area contributed by atoms with E-state index in [9.17, 15) is 0 Å². The minimum absolute atomic E-state index is 0.338. The zero-order valence-corrected chi connectivity index (χ0v) is 13.1. The number of hydrogen-bond donors (Lipinski definition) is 1. The fraction of sp³-hybridized carbons (Fsp3) is 0.647. The first-order chi connectivity index (χ1) is 9.08. The van der Waals surface area contributed by atoms with Gasteiger partial charge in [0.05, 0.1) is 0 Å². The average Bonchev–Trinajstić information content (AvgIpc) is 2.39. The third-order valence-electron chi connectivity index (χ3n) is 4.52. The first kappa shape index (κ1) is 14.9. The van der Waals surface area contributed by atoms with Crippen molar-refractivity contribution >= 4 is 11.6 Å². The van der Waals surface area contributed by atoms with Gasteiger partial charge in [-0.05, 0) is 43.2 Å². The van der Waals surface area contributed by atoms with Crippen molar-refractivity contribution in [2.45, 2.75) is 58.5 Å². The molecule has 1 fully saturated rings. The average molecular weight is 280 g/mol. The first-order valence-corrected chi connectivity index (χ1v) is 7.96. The standard InChI is InChI=1S/C17H26ClN/c1-12(2)14-7-6-8-15(11-14)19-13(3)16-9-4-5-10-17(16)18/h4-5,9-10,12-15,19H,6-8,11H2,1-3H3. The molecular weight excluding hydrogens is 254 g/mol. The normalized spacial score (nSPS) is 25.5.